The van der Waals surface area contributed by atoms with Crippen LogP contribution in [0.5, 0.6) is 0 Å². The summed E-state index contributed by atoms with van der Waals surface area (Å²) in [5.74, 6) is 0. The van der Waals surface area contributed by atoms with Gasteiger partial charge >= 0.3 is 17.1 Å². The third-order valence-electron chi connectivity index (χ3n) is 13.7. The molecular weight excluding hydrogens is 1160 g/mol. The van der Waals surface area contributed by atoms with E-state index in [4.69, 9.17) is 20.0 Å². The number of benzene rings is 6. The Hall–Kier alpha value is -4.86. The second kappa shape index (κ2) is 19.0. The number of hydrogen-bond donors (Lipinski definition) is 0. The molecule has 4 heterocycles. The Morgan fingerprint density at radius 3 is 1.22 bits per heavy atom. The first kappa shape index (κ1) is 47.8. The summed E-state index contributed by atoms with van der Waals surface area (Å²) in [6.45, 7) is 13.0. The van der Waals surface area contributed by atoms with Crippen molar-refractivity contribution in [1.29, 1.82) is 0 Å². The van der Waals surface area contributed by atoms with Gasteiger partial charge in [0.1, 0.15) is 0 Å². The van der Waals surface area contributed by atoms with Gasteiger partial charge in [0.2, 0.25) is 0 Å². The fourth-order valence-electron chi connectivity index (χ4n) is 10.9. The minimum atomic E-state index is 0. The summed E-state index contributed by atoms with van der Waals surface area (Å²) in [6.07, 6.45) is 8.38. The van der Waals surface area contributed by atoms with Crippen molar-refractivity contribution >= 4 is 109 Å². The van der Waals surface area contributed by atoms with Gasteiger partial charge in [0.15, 0.2) is 0 Å². The summed E-state index contributed by atoms with van der Waals surface area (Å²) >= 11 is 15.1. The molecule has 0 saturated carbocycles. The molecule has 0 fully saturated rings. The molecule has 2 aliphatic carbocycles. The van der Waals surface area contributed by atoms with E-state index < -0.39 is 0 Å². The summed E-state index contributed by atoms with van der Waals surface area (Å²) in [5.41, 5.74) is 26.0. The molecule has 1 radical (unpaired) electrons. The van der Waals surface area contributed by atoms with Crippen LogP contribution in [0, 0.1) is 41.5 Å². The Kier molecular flexibility index (Phi) is 13.2. The van der Waals surface area contributed by atoms with E-state index in [0.717, 1.165) is 100.0 Å². The second-order valence-corrected chi connectivity index (χ2v) is 21.9. The summed E-state index contributed by atoms with van der Waals surface area (Å²) in [6, 6.07) is 39.1. The van der Waals surface area contributed by atoms with Crippen LogP contribution >= 0.6 is 63.7 Å². The molecule has 0 N–H and O–H groups in total. The van der Waals surface area contributed by atoms with Crippen molar-refractivity contribution in [2.75, 3.05) is 0 Å². The fraction of sp³-hybridized carbons (Fsp3) is 0.167. The fourth-order valence-corrected chi connectivity index (χ4v) is 12.8. The molecule has 8 aromatic rings. The van der Waals surface area contributed by atoms with Crippen LogP contribution in [0.15, 0.2) is 160 Å². The van der Waals surface area contributed by atoms with Gasteiger partial charge in [-0.3, -0.25) is 0 Å². The Bertz CT molecular complexity index is 3400. The third kappa shape index (κ3) is 8.65. The molecule has 6 aromatic carbocycles. The van der Waals surface area contributed by atoms with E-state index in [1.54, 1.807) is 0 Å². The molecule has 4 aliphatic rings. The first-order valence-electron chi connectivity index (χ1n) is 23.1. The number of halogens is 4. The van der Waals surface area contributed by atoms with Crippen LogP contribution in [0.3, 0.4) is 0 Å². The Labute approximate surface area is 448 Å². The Balaban J connectivity index is 0.000000158. The monoisotopic (exact) mass is 1200 g/mol. The molecule has 12 rings (SSSR count). The molecule has 0 saturated heterocycles. The molecule has 0 atom stereocenters. The van der Waals surface area contributed by atoms with Crippen LogP contribution in [0.25, 0.3) is 56.2 Å². The largest absolute Gasteiger partial charge is 2.00 e. The number of aryl methyl sites for hydroxylation is 8. The van der Waals surface area contributed by atoms with Crippen molar-refractivity contribution < 1.29 is 17.1 Å². The summed E-state index contributed by atoms with van der Waals surface area (Å²) in [7, 11) is 0. The summed E-state index contributed by atoms with van der Waals surface area (Å²) < 4.78 is 4.28. The van der Waals surface area contributed by atoms with Crippen LogP contribution in [-0.2, 0) is 29.9 Å². The van der Waals surface area contributed by atoms with Gasteiger partial charge in [-0.25, -0.2) is 9.98 Å². The Morgan fingerprint density at radius 2 is 0.826 bits per heavy atom. The summed E-state index contributed by atoms with van der Waals surface area (Å²) in [5, 5.41) is 4.61. The molecule has 0 amide bonds. The van der Waals surface area contributed by atoms with Crippen LogP contribution in [0.4, 0.5) is 0 Å². The normalized spacial score (nSPS) is 16.0. The predicted octanol–water partition coefficient (Wildman–Crippen LogP) is 17.2. The van der Waals surface area contributed by atoms with Crippen LogP contribution in [-0.4, -0.2) is 11.4 Å². The van der Waals surface area contributed by atoms with Crippen LogP contribution in [0.2, 0.25) is 0 Å². The third-order valence-corrected chi connectivity index (χ3v) is 16.5. The number of aromatic nitrogens is 2. The molecule has 345 valence electrons. The SMILES string of the molecule is Cc1cc(C)c(-c2[n-]c(C=C3N=C4C(=C3Br)CCc3ccccc34)c3cc(Br)ccc23)c(C)c1.Cc1cc(C)c(-c2[n-]c(C=C3N=C4C(=C3Br)CCc3ccccc34)c3cc(Br)ccc23)c(C)c1.[Cu+2]. The van der Waals surface area contributed by atoms with E-state index in [-0.39, 0.29) is 17.1 Å². The van der Waals surface area contributed by atoms with Crippen LogP contribution in [0.1, 0.15) is 79.9 Å². The van der Waals surface area contributed by atoms with Gasteiger partial charge in [0, 0.05) is 29.0 Å². The number of nitrogens with zero attached hydrogens (tertiary/aromatic N) is 4. The topological polar surface area (TPSA) is 52.9 Å². The van der Waals surface area contributed by atoms with E-state index in [1.165, 1.54) is 88.7 Å². The van der Waals surface area contributed by atoms with Crippen molar-refractivity contribution in [3.05, 3.63) is 217 Å². The number of allylic oxidation sites excluding steroid dienone is 4. The van der Waals surface area contributed by atoms with Gasteiger partial charge in [-0.05, 0) is 213 Å². The average Bonchev–Trinajstić information content (AvgIpc) is 4.03. The molecule has 4 nitrogen and oxygen atoms in total. The molecule has 0 bridgehead atoms. The minimum Gasteiger partial charge on any atom is -0.656 e. The molecule has 0 unspecified atom stereocenters. The quantitative estimate of drug-likeness (QED) is 0.165. The van der Waals surface area contributed by atoms with E-state index >= 15 is 0 Å². The zero-order valence-corrected chi connectivity index (χ0v) is 46.3. The molecule has 2 aromatic heterocycles. The van der Waals surface area contributed by atoms with Crippen LogP contribution < -0.4 is 9.97 Å². The van der Waals surface area contributed by atoms with Gasteiger partial charge in [0.25, 0.3) is 0 Å². The van der Waals surface area contributed by atoms with Gasteiger partial charge in [-0.15, -0.1) is 22.8 Å². The molecule has 0 spiro atoms. The maximum atomic E-state index is 5.20. The molecular formula is C60H46Br4CuN4. The number of fused-ring (bicyclic) bond motifs is 8. The maximum absolute atomic E-state index is 5.20. The average molecular weight is 1210 g/mol. The first-order chi connectivity index (χ1) is 32.8. The minimum absolute atomic E-state index is 0. The number of rotatable bonds is 4. The molecule has 9 heteroatoms. The Morgan fingerprint density at radius 1 is 0.449 bits per heavy atom. The predicted molar refractivity (Wildman–Crippen MR) is 300 cm³/mol. The van der Waals surface area contributed by atoms with Gasteiger partial charge in [-0.2, -0.15) is 0 Å². The van der Waals surface area contributed by atoms with Crippen molar-refractivity contribution in [3.8, 4) is 22.5 Å². The zero-order valence-electron chi connectivity index (χ0n) is 39.0. The number of hydrogen-bond acceptors (Lipinski definition) is 2. The van der Waals surface area contributed by atoms with Crippen molar-refractivity contribution in [2.24, 2.45) is 9.98 Å². The standard InChI is InChI=1S/2C30H23Br2N2.Cu/c2*1-16-12-17(2)27(18(3)13-16)30-22-11-9-20(31)14-24(22)25(33-30)15-26-28(32)23-10-8-19-6-4-5-7-21(19)29(23)34-26;/h2*4-7,9,11-15H,8,10H2,1-3H3;/q2*-1;+2. The second-order valence-electron chi connectivity index (χ2n) is 18.5. The maximum Gasteiger partial charge on any atom is 2.00 e. The van der Waals surface area contributed by atoms with E-state index in [1.807, 2.05) is 0 Å². The molecule has 69 heavy (non-hydrogen) atoms. The van der Waals surface area contributed by atoms with E-state index in [0.29, 0.717) is 0 Å². The van der Waals surface area contributed by atoms with E-state index in [9.17, 15) is 0 Å². The van der Waals surface area contributed by atoms with Gasteiger partial charge in [-0.1, -0.05) is 128 Å². The molecule has 2 aliphatic heterocycles. The first-order valence-corrected chi connectivity index (χ1v) is 26.2. The smallest absolute Gasteiger partial charge is 0.656 e. The zero-order chi connectivity index (χ0) is 47.1. The van der Waals surface area contributed by atoms with Gasteiger partial charge in [0.05, 0.1) is 22.8 Å². The van der Waals surface area contributed by atoms with E-state index in [2.05, 4.69) is 227 Å². The van der Waals surface area contributed by atoms with Crippen molar-refractivity contribution in [2.45, 2.75) is 67.2 Å². The summed E-state index contributed by atoms with van der Waals surface area (Å²) in [4.78, 5) is 20.6. The van der Waals surface area contributed by atoms with Crippen molar-refractivity contribution in [1.82, 2.24) is 9.97 Å². The number of aliphatic imine (C=N–C) groups is 2. The van der Waals surface area contributed by atoms with Crippen molar-refractivity contribution in [3.63, 3.8) is 0 Å². The van der Waals surface area contributed by atoms with Gasteiger partial charge < -0.3 is 9.97 Å².